The molecular formula is C3H10P2. The molecule has 2 unspecified atom stereocenters. The summed E-state index contributed by atoms with van der Waals surface area (Å²) in [6, 6.07) is 0. The Morgan fingerprint density at radius 2 is 2.20 bits per heavy atom. The summed E-state index contributed by atoms with van der Waals surface area (Å²) in [6.45, 7) is 2.16. The zero-order valence-electron chi connectivity index (χ0n) is 3.49. The summed E-state index contributed by atoms with van der Waals surface area (Å²) < 4.78 is 0. The molecule has 0 bridgehead atoms. The molecule has 0 spiro atoms. The molecule has 32 valence electrons. The van der Waals surface area contributed by atoms with Gasteiger partial charge in [-0.1, -0.05) is 13.2 Å². The fourth-order valence-electron chi connectivity index (χ4n) is 0. The molecule has 0 saturated carbocycles. The van der Waals surface area contributed by atoms with Gasteiger partial charge in [-0.2, -0.15) is 0 Å². The fourth-order valence-corrected chi connectivity index (χ4v) is 0. The summed E-state index contributed by atoms with van der Waals surface area (Å²) in [6.07, 6.45) is 5.08. The molecule has 0 aromatic rings. The van der Waals surface area contributed by atoms with Gasteiger partial charge in [0.25, 0.3) is 0 Å². The molecule has 0 aliphatic carbocycles. The second-order valence-corrected chi connectivity index (χ2v) is 5.48. The molecule has 0 radical (unpaired) electrons. The van der Waals surface area contributed by atoms with E-state index in [1.54, 1.807) is 0 Å². The van der Waals surface area contributed by atoms with E-state index in [4.69, 9.17) is 0 Å². The van der Waals surface area contributed by atoms with Crippen molar-refractivity contribution in [2.24, 2.45) is 0 Å². The van der Waals surface area contributed by atoms with E-state index in [1.807, 2.05) is 0 Å². The highest BCUT2D eigenvalue weighted by Crippen LogP contribution is 2.27. The topological polar surface area (TPSA) is 0 Å². The minimum absolute atomic E-state index is 0.207. The second-order valence-electron chi connectivity index (χ2n) is 1.01. The van der Waals surface area contributed by atoms with E-state index in [0.717, 1.165) is 0 Å². The highest BCUT2D eigenvalue weighted by molar-refractivity contribution is 8.11. The standard InChI is InChI=1S/C3H10P2/c1-3-5(2)4/h5H,2-4H2,1H3. The molecule has 0 rings (SSSR count). The Bertz CT molecular complexity index is 40.2. The van der Waals surface area contributed by atoms with Gasteiger partial charge in [0.05, 0.1) is 0 Å². The third-order valence-corrected chi connectivity index (χ3v) is 2.59. The third-order valence-electron chi connectivity index (χ3n) is 0.454. The maximum Gasteiger partial charge on any atom is -0.0354 e. The predicted molar refractivity (Wildman–Crippen MR) is 35.7 cm³/mol. The van der Waals surface area contributed by atoms with Gasteiger partial charge in [-0.25, -0.2) is 0 Å². The van der Waals surface area contributed by atoms with E-state index in [-0.39, 0.29) is 7.23 Å². The number of hydrogen-bond donors (Lipinski definition) is 0. The van der Waals surface area contributed by atoms with Crippen molar-refractivity contribution >= 4 is 22.5 Å². The smallest absolute Gasteiger partial charge is 0.0354 e. The highest BCUT2D eigenvalue weighted by atomic mass is 32.0. The van der Waals surface area contributed by atoms with Crippen LogP contribution in [0.2, 0.25) is 0 Å². The molecule has 0 nitrogen and oxygen atoms in total. The van der Waals surface area contributed by atoms with Crippen LogP contribution in [0.5, 0.6) is 0 Å². The van der Waals surface area contributed by atoms with Crippen molar-refractivity contribution < 1.29 is 0 Å². The van der Waals surface area contributed by atoms with Gasteiger partial charge in [0, 0.05) is 0 Å². The molecule has 2 atom stereocenters. The Hall–Kier alpha value is 0.730. The average Bonchev–Trinajstić information content (AvgIpc) is 1.38. The summed E-state index contributed by atoms with van der Waals surface area (Å²) in [5, 5.41) is 0. The van der Waals surface area contributed by atoms with Crippen molar-refractivity contribution in [2.45, 2.75) is 6.92 Å². The maximum atomic E-state index is 3.82. The van der Waals surface area contributed by atoms with Crippen LogP contribution in [0.4, 0.5) is 0 Å². The molecule has 0 N–H and O–H groups in total. The first-order valence-electron chi connectivity index (χ1n) is 1.70. The third kappa shape index (κ3) is 4.73. The van der Waals surface area contributed by atoms with Crippen LogP contribution in [0.25, 0.3) is 0 Å². The molecule has 0 amide bonds. The summed E-state index contributed by atoms with van der Waals surface area (Å²) in [5.74, 6) is 0. The normalized spacial score (nSPS) is 14.8. The fraction of sp³-hybridized carbons (Fsp3) is 0.667. The Balaban J connectivity index is 2.85. The largest absolute Gasteiger partial charge is 0.115 e. The van der Waals surface area contributed by atoms with Gasteiger partial charge in [0.15, 0.2) is 0 Å². The summed E-state index contributed by atoms with van der Waals surface area (Å²) in [7, 11) is 2.52. The highest BCUT2D eigenvalue weighted by Gasteiger charge is 1.65. The summed E-state index contributed by atoms with van der Waals surface area (Å²) in [5.41, 5.74) is 0. The van der Waals surface area contributed by atoms with Crippen LogP contribution in [0.3, 0.4) is 0 Å². The van der Waals surface area contributed by atoms with Gasteiger partial charge in [0.2, 0.25) is 0 Å². The van der Waals surface area contributed by atoms with Gasteiger partial charge in [-0.05, 0) is 6.16 Å². The monoisotopic (exact) mass is 108 g/mol. The lowest BCUT2D eigenvalue weighted by molar-refractivity contribution is 1.53. The lowest BCUT2D eigenvalue weighted by Gasteiger charge is -1.81. The Morgan fingerprint density at radius 1 is 2.00 bits per heavy atom. The van der Waals surface area contributed by atoms with Crippen LogP contribution in [-0.4, -0.2) is 12.5 Å². The molecule has 0 aliphatic rings. The van der Waals surface area contributed by atoms with Gasteiger partial charge < -0.3 is 0 Å². The lowest BCUT2D eigenvalue weighted by atomic mass is 11.0. The summed E-state index contributed by atoms with van der Waals surface area (Å²) >= 11 is 0. The zero-order valence-corrected chi connectivity index (χ0v) is 5.65. The molecular weight excluding hydrogens is 98.0 g/mol. The van der Waals surface area contributed by atoms with E-state index in [0.29, 0.717) is 0 Å². The molecule has 0 saturated heterocycles. The molecule has 0 fully saturated rings. The maximum absolute atomic E-state index is 3.82. The molecule has 0 heterocycles. The zero-order chi connectivity index (χ0) is 4.28. The van der Waals surface area contributed by atoms with Crippen LogP contribution < -0.4 is 0 Å². The van der Waals surface area contributed by atoms with Crippen LogP contribution >= 0.6 is 16.2 Å². The van der Waals surface area contributed by atoms with Crippen LogP contribution in [0.15, 0.2) is 0 Å². The minimum atomic E-state index is -0.207. The Morgan fingerprint density at radius 3 is 2.20 bits per heavy atom. The molecule has 0 aliphatic heterocycles. The quantitative estimate of drug-likeness (QED) is 0.446. The first-order chi connectivity index (χ1) is 2.27. The SMILES string of the molecule is C=[PH](P)CC. The van der Waals surface area contributed by atoms with E-state index in [9.17, 15) is 0 Å². The van der Waals surface area contributed by atoms with Crippen molar-refractivity contribution in [3.8, 4) is 0 Å². The Kier molecular flexibility index (Phi) is 3.37. The molecule has 0 aromatic heterocycles. The lowest BCUT2D eigenvalue weighted by Crippen LogP contribution is -1.48. The van der Waals surface area contributed by atoms with Gasteiger partial charge >= 0.3 is 0 Å². The van der Waals surface area contributed by atoms with Crippen LogP contribution in [0.1, 0.15) is 6.92 Å². The first-order valence-corrected chi connectivity index (χ1v) is 5.43. The van der Waals surface area contributed by atoms with Crippen molar-refractivity contribution in [1.82, 2.24) is 0 Å². The van der Waals surface area contributed by atoms with E-state index < -0.39 is 0 Å². The predicted octanol–water partition coefficient (Wildman–Crippen LogP) is 1.44. The van der Waals surface area contributed by atoms with Gasteiger partial charge in [-0.15, -0.1) is 16.2 Å². The van der Waals surface area contributed by atoms with E-state index in [1.165, 1.54) is 6.16 Å². The van der Waals surface area contributed by atoms with Crippen LogP contribution in [-0.2, 0) is 0 Å². The van der Waals surface area contributed by atoms with Crippen molar-refractivity contribution in [2.75, 3.05) is 6.16 Å². The molecule has 0 aromatic carbocycles. The van der Waals surface area contributed by atoms with Crippen molar-refractivity contribution in [3.63, 3.8) is 0 Å². The Labute approximate surface area is 36.5 Å². The first kappa shape index (κ1) is 5.73. The van der Waals surface area contributed by atoms with Crippen LogP contribution in [0, 0.1) is 0 Å². The van der Waals surface area contributed by atoms with Crippen molar-refractivity contribution in [1.29, 1.82) is 0 Å². The number of hydrogen-bond acceptors (Lipinski definition) is 0. The van der Waals surface area contributed by atoms with E-state index in [2.05, 4.69) is 22.2 Å². The summed E-state index contributed by atoms with van der Waals surface area (Å²) in [4.78, 5) is 0. The molecule has 5 heavy (non-hydrogen) atoms. The molecule has 2 heteroatoms. The van der Waals surface area contributed by atoms with Crippen molar-refractivity contribution in [3.05, 3.63) is 0 Å². The van der Waals surface area contributed by atoms with Gasteiger partial charge in [-0.3, -0.25) is 0 Å². The van der Waals surface area contributed by atoms with E-state index >= 15 is 0 Å². The number of rotatable bonds is 1. The average molecular weight is 108 g/mol. The second kappa shape index (κ2) is 2.94. The minimum Gasteiger partial charge on any atom is -0.115 e. The van der Waals surface area contributed by atoms with Gasteiger partial charge in [0.1, 0.15) is 0 Å².